The highest BCUT2D eigenvalue weighted by molar-refractivity contribution is 5.92. The van der Waals surface area contributed by atoms with E-state index >= 15 is 0 Å². The number of anilines is 1. The van der Waals surface area contributed by atoms with Crippen molar-refractivity contribution in [1.82, 2.24) is 5.32 Å². The molecule has 1 rings (SSSR count). The minimum atomic E-state index is -4.09. The first-order chi connectivity index (χ1) is 9.37. The van der Waals surface area contributed by atoms with Crippen molar-refractivity contribution in [2.75, 3.05) is 18.4 Å². The summed E-state index contributed by atoms with van der Waals surface area (Å²) in [5, 5.41) is 5.54. The quantitative estimate of drug-likeness (QED) is 0.756. The summed E-state index contributed by atoms with van der Waals surface area (Å²) in [7, 11) is 0. The summed E-state index contributed by atoms with van der Waals surface area (Å²) in [6.07, 6.45) is -4.39. The van der Waals surface area contributed by atoms with E-state index < -0.39 is 12.6 Å². The Morgan fingerprint density at radius 1 is 1.25 bits per heavy atom. The summed E-state index contributed by atoms with van der Waals surface area (Å²) in [5.41, 5.74) is 1.76. The van der Waals surface area contributed by atoms with Crippen molar-refractivity contribution in [3.8, 4) is 0 Å². The van der Waals surface area contributed by atoms with Gasteiger partial charge in [0, 0.05) is 12.1 Å². The normalized spacial score (nSPS) is 11.4. The number of carbonyl (C=O) groups excluding carboxylic acids is 1. The molecule has 0 bridgehead atoms. The molecule has 3 nitrogen and oxygen atoms in total. The van der Waals surface area contributed by atoms with E-state index in [1.807, 2.05) is 25.1 Å². The lowest BCUT2D eigenvalue weighted by Gasteiger charge is -2.08. The zero-order chi connectivity index (χ0) is 15.0. The van der Waals surface area contributed by atoms with Crippen molar-refractivity contribution in [3.63, 3.8) is 0 Å². The zero-order valence-electron chi connectivity index (χ0n) is 11.4. The number of benzene rings is 1. The van der Waals surface area contributed by atoms with Gasteiger partial charge in [0.25, 0.3) is 0 Å². The van der Waals surface area contributed by atoms with Crippen LogP contribution in [-0.4, -0.2) is 25.2 Å². The smallest absolute Gasteiger partial charge is 0.325 e. The molecule has 0 spiro atoms. The number of amides is 1. The van der Waals surface area contributed by atoms with Crippen molar-refractivity contribution in [2.45, 2.75) is 32.4 Å². The monoisotopic (exact) mass is 288 g/mol. The summed E-state index contributed by atoms with van der Waals surface area (Å²) >= 11 is 0. The maximum atomic E-state index is 11.9. The molecular formula is C14H19F3N2O. The van der Waals surface area contributed by atoms with Crippen LogP contribution in [0.3, 0.4) is 0 Å². The molecular weight excluding hydrogens is 269 g/mol. The number of carbonyl (C=O) groups is 1. The SMILES string of the molecule is Cc1cccc(NC(=O)CNCCCCC(F)(F)F)c1. The topological polar surface area (TPSA) is 41.1 Å². The molecule has 0 fully saturated rings. The van der Waals surface area contributed by atoms with E-state index in [4.69, 9.17) is 0 Å². The van der Waals surface area contributed by atoms with E-state index in [1.54, 1.807) is 6.07 Å². The lowest BCUT2D eigenvalue weighted by Crippen LogP contribution is -2.28. The van der Waals surface area contributed by atoms with Crippen LogP contribution in [0.4, 0.5) is 18.9 Å². The summed E-state index contributed by atoms with van der Waals surface area (Å²) in [6, 6.07) is 7.40. The van der Waals surface area contributed by atoms with Crippen LogP contribution in [0.25, 0.3) is 0 Å². The molecule has 0 saturated heterocycles. The molecule has 0 radical (unpaired) electrons. The van der Waals surface area contributed by atoms with Crippen molar-refractivity contribution in [1.29, 1.82) is 0 Å². The highest BCUT2D eigenvalue weighted by atomic mass is 19.4. The number of nitrogens with one attached hydrogen (secondary N) is 2. The number of halogens is 3. The van der Waals surface area contributed by atoms with E-state index in [0.29, 0.717) is 18.7 Å². The van der Waals surface area contributed by atoms with Crippen LogP contribution in [0.15, 0.2) is 24.3 Å². The number of rotatable bonds is 7. The Bertz CT molecular complexity index is 433. The molecule has 2 N–H and O–H groups in total. The minimum Gasteiger partial charge on any atom is -0.325 e. The third kappa shape index (κ3) is 7.78. The first-order valence-corrected chi connectivity index (χ1v) is 6.51. The molecule has 1 amide bonds. The van der Waals surface area contributed by atoms with E-state index in [9.17, 15) is 18.0 Å². The maximum absolute atomic E-state index is 11.9. The molecule has 0 unspecified atom stereocenters. The Labute approximate surface area is 116 Å². The molecule has 0 atom stereocenters. The number of hydrogen-bond donors (Lipinski definition) is 2. The standard InChI is InChI=1S/C14H19F3N2O/c1-11-5-4-6-12(9-11)19-13(20)10-18-8-3-2-7-14(15,16)17/h4-6,9,18H,2-3,7-8,10H2,1H3,(H,19,20). The predicted octanol–water partition coefficient (Wildman–Crippen LogP) is 3.26. The fourth-order valence-electron chi connectivity index (χ4n) is 1.71. The Kier molecular flexibility index (Phi) is 6.51. The van der Waals surface area contributed by atoms with Gasteiger partial charge in [-0.1, -0.05) is 12.1 Å². The average molecular weight is 288 g/mol. The van der Waals surface area contributed by atoms with Crippen LogP contribution < -0.4 is 10.6 Å². The summed E-state index contributed by atoms with van der Waals surface area (Å²) in [4.78, 5) is 11.6. The molecule has 0 aromatic heterocycles. The number of hydrogen-bond acceptors (Lipinski definition) is 2. The average Bonchev–Trinajstić information content (AvgIpc) is 2.32. The molecule has 112 valence electrons. The van der Waals surface area contributed by atoms with E-state index in [1.165, 1.54) is 0 Å². The van der Waals surface area contributed by atoms with Gasteiger partial charge >= 0.3 is 6.18 Å². The van der Waals surface area contributed by atoms with Crippen molar-refractivity contribution in [2.24, 2.45) is 0 Å². The van der Waals surface area contributed by atoms with E-state index in [0.717, 1.165) is 5.56 Å². The third-order valence-corrected chi connectivity index (χ3v) is 2.65. The van der Waals surface area contributed by atoms with E-state index in [2.05, 4.69) is 10.6 Å². The largest absolute Gasteiger partial charge is 0.389 e. The second kappa shape index (κ2) is 7.89. The van der Waals surface area contributed by atoms with Crippen LogP contribution in [0, 0.1) is 6.92 Å². The molecule has 0 aliphatic carbocycles. The predicted molar refractivity (Wildman–Crippen MR) is 72.6 cm³/mol. The Hall–Kier alpha value is -1.56. The molecule has 1 aromatic rings. The number of aryl methyl sites for hydroxylation is 1. The van der Waals surface area contributed by atoms with Crippen LogP contribution in [0.5, 0.6) is 0 Å². The fraction of sp³-hybridized carbons (Fsp3) is 0.500. The second-order valence-electron chi connectivity index (χ2n) is 4.67. The molecule has 0 saturated carbocycles. The van der Waals surface area contributed by atoms with Gasteiger partial charge in [0.2, 0.25) is 5.91 Å². The Balaban J connectivity index is 2.12. The van der Waals surface area contributed by atoms with Crippen molar-refractivity contribution < 1.29 is 18.0 Å². The molecule has 0 aliphatic heterocycles. The maximum Gasteiger partial charge on any atom is 0.389 e. The molecule has 6 heteroatoms. The second-order valence-corrected chi connectivity index (χ2v) is 4.67. The summed E-state index contributed by atoms with van der Waals surface area (Å²) in [5.74, 6) is -0.202. The first-order valence-electron chi connectivity index (χ1n) is 6.51. The summed E-state index contributed by atoms with van der Waals surface area (Å²) < 4.78 is 35.7. The molecule has 0 heterocycles. The highest BCUT2D eigenvalue weighted by Gasteiger charge is 2.25. The third-order valence-electron chi connectivity index (χ3n) is 2.65. The fourth-order valence-corrected chi connectivity index (χ4v) is 1.71. The number of alkyl halides is 3. The van der Waals surface area contributed by atoms with Gasteiger partial charge in [-0.25, -0.2) is 0 Å². The van der Waals surface area contributed by atoms with Gasteiger partial charge in [0.1, 0.15) is 0 Å². The van der Waals surface area contributed by atoms with Gasteiger partial charge in [-0.05, 0) is 44.0 Å². The minimum absolute atomic E-state index is 0.0794. The van der Waals surface area contributed by atoms with Gasteiger partial charge in [0.05, 0.1) is 6.54 Å². The van der Waals surface area contributed by atoms with Crippen LogP contribution in [0.1, 0.15) is 24.8 Å². The highest BCUT2D eigenvalue weighted by Crippen LogP contribution is 2.21. The lowest BCUT2D eigenvalue weighted by molar-refractivity contribution is -0.135. The Morgan fingerprint density at radius 2 is 2.00 bits per heavy atom. The first kappa shape index (κ1) is 16.5. The van der Waals surface area contributed by atoms with Crippen molar-refractivity contribution in [3.05, 3.63) is 29.8 Å². The molecule has 20 heavy (non-hydrogen) atoms. The van der Waals surface area contributed by atoms with Gasteiger partial charge in [-0.15, -0.1) is 0 Å². The Morgan fingerprint density at radius 3 is 2.65 bits per heavy atom. The van der Waals surface area contributed by atoms with Gasteiger partial charge in [0.15, 0.2) is 0 Å². The van der Waals surface area contributed by atoms with Crippen LogP contribution in [-0.2, 0) is 4.79 Å². The van der Waals surface area contributed by atoms with E-state index in [-0.39, 0.29) is 18.9 Å². The number of unbranched alkanes of at least 4 members (excludes halogenated alkanes) is 1. The van der Waals surface area contributed by atoms with Gasteiger partial charge in [-0.3, -0.25) is 4.79 Å². The van der Waals surface area contributed by atoms with Gasteiger partial charge in [-0.2, -0.15) is 13.2 Å². The van der Waals surface area contributed by atoms with Crippen LogP contribution >= 0.6 is 0 Å². The molecule has 1 aromatic carbocycles. The van der Waals surface area contributed by atoms with Crippen LogP contribution in [0.2, 0.25) is 0 Å². The summed E-state index contributed by atoms with van der Waals surface area (Å²) in [6.45, 7) is 2.42. The lowest BCUT2D eigenvalue weighted by atomic mass is 10.2. The molecule has 0 aliphatic rings. The zero-order valence-corrected chi connectivity index (χ0v) is 11.4. The van der Waals surface area contributed by atoms with Gasteiger partial charge < -0.3 is 10.6 Å². The van der Waals surface area contributed by atoms with Crippen molar-refractivity contribution >= 4 is 11.6 Å².